The zero-order valence-corrected chi connectivity index (χ0v) is 11.6. The molecule has 6 N–H and O–H groups in total. The number of unbranched alkanes of at least 4 members (excludes halogenated alkanes) is 1. The minimum atomic E-state index is -0.933. The largest absolute Gasteiger partial charge is 0.491 e. The van der Waals surface area contributed by atoms with Crippen LogP contribution in [0.4, 0.5) is 0 Å². The van der Waals surface area contributed by atoms with Gasteiger partial charge in [-0.25, -0.2) is 0 Å². The molecule has 0 heterocycles. The van der Waals surface area contributed by atoms with Gasteiger partial charge in [-0.1, -0.05) is 24.6 Å². The van der Waals surface area contributed by atoms with Gasteiger partial charge in [0.25, 0.3) is 0 Å². The molecule has 0 bridgehead atoms. The fourth-order valence-corrected chi connectivity index (χ4v) is 1.31. The third-order valence-electron chi connectivity index (χ3n) is 2.39. The smallest absolute Gasteiger partial charge is 0.320 e. The Bertz CT molecular complexity index is 346. The summed E-state index contributed by atoms with van der Waals surface area (Å²) < 4.78 is 5.11. The van der Waals surface area contributed by atoms with Gasteiger partial charge in [-0.2, -0.15) is 0 Å². The minimum absolute atomic E-state index is 0.0644. The van der Waals surface area contributed by atoms with Gasteiger partial charge in [0.1, 0.15) is 18.4 Å². The molecule has 1 rings (SSSR count). The number of rotatable bonds is 8. The molecule has 0 amide bonds. The summed E-state index contributed by atoms with van der Waals surface area (Å²) in [6.07, 6.45) is 2.16. The number of benzene rings is 1. The highest BCUT2D eigenvalue weighted by Crippen LogP contribution is 2.07. The van der Waals surface area contributed by atoms with E-state index in [1.807, 2.05) is 30.3 Å². The van der Waals surface area contributed by atoms with Crippen molar-refractivity contribution < 1.29 is 19.7 Å². The zero-order chi connectivity index (χ0) is 15.2. The Kier molecular flexibility index (Phi) is 11.4. The second-order valence-corrected chi connectivity index (χ2v) is 4.11. The van der Waals surface area contributed by atoms with Crippen molar-refractivity contribution in [2.45, 2.75) is 25.3 Å². The lowest BCUT2D eigenvalue weighted by Gasteiger charge is -2.03. The Morgan fingerprint density at radius 1 is 1.25 bits per heavy atom. The van der Waals surface area contributed by atoms with Crippen LogP contribution in [0.1, 0.15) is 19.3 Å². The molecule has 0 aromatic heterocycles. The summed E-state index contributed by atoms with van der Waals surface area (Å²) in [5.74, 6) is -0.131. The lowest BCUT2D eigenvalue weighted by atomic mass is 10.1. The van der Waals surface area contributed by atoms with E-state index in [0.717, 1.165) is 18.6 Å². The number of para-hydroxylation sites is 1. The van der Waals surface area contributed by atoms with Gasteiger partial charge < -0.3 is 26.4 Å². The second kappa shape index (κ2) is 12.4. The first-order chi connectivity index (χ1) is 9.61. The summed E-state index contributed by atoms with van der Waals surface area (Å²) in [6.45, 7) is 1.03. The Hall–Kier alpha value is -1.63. The van der Waals surface area contributed by atoms with Crippen molar-refractivity contribution in [1.29, 1.82) is 0 Å². The van der Waals surface area contributed by atoms with Gasteiger partial charge in [0.05, 0.1) is 6.61 Å². The highest BCUT2D eigenvalue weighted by Gasteiger charge is 2.09. The highest BCUT2D eigenvalue weighted by atomic mass is 16.5. The Morgan fingerprint density at radius 3 is 2.40 bits per heavy atom. The van der Waals surface area contributed by atoms with Crippen molar-refractivity contribution in [3.8, 4) is 5.75 Å². The van der Waals surface area contributed by atoms with E-state index >= 15 is 0 Å². The Balaban J connectivity index is 0.000000361. The van der Waals surface area contributed by atoms with Gasteiger partial charge >= 0.3 is 5.97 Å². The van der Waals surface area contributed by atoms with Crippen molar-refractivity contribution in [1.82, 2.24) is 0 Å². The summed E-state index contributed by atoms with van der Waals surface area (Å²) in [7, 11) is 0. The molecule has 0 aliphatic rings. The molecule has 1 atom stereocenters. The maximum atomic E-state index is 10.1. The van der Waals surface area contributed by atoms with Crippen molar-refractivity contribution in [3.05, 3.63) is 30.3 Å². The average molecular weight is 284 g/mol. The summed E-state index contributed by atoms with van der Waals surface area (Å²) in [5.41, 5.74) is 10.4. The summed E-state index contributed by atoms with van der Waals surface area (Å²) in [4.78, 5) is 10.1. The molecule has 0 spiro atoms. The summed E-state index contributed by atoms with van der Waals surface area (Å²) in [5, 5.41) is 16.7. The van der Waals surface area contributed by atoms with Crippen LogP contribution in [0.25, 0.3) is 0 Å². The van der Waals surface area contributed by atoms with Crippen molar-refractivity contribution >= 4 is 5.97 Å². The molecule has 1 aromatic rings. The maximum absolute atomic E-state index is 10.1. The normalized spacial score (nSPS) is 11.2. The number of hydrogen-bond acceptors (Lipinski definition) is 5. The fourth-order valence-electron chi connectivity index (χ4n) is 1.31. The van der Waals surface area contributed by atoms with Gasteiger partial charge in [0.15, 0.2) is 0 Å². The number of carboxylic acids is 1. The first kappa shape index (κ1) is 18.4. The van der Waals surface area contributed by atoms with Crippen LogP contribution in [0.15, 0.2) is 30.3 Å². The molecule has 1 aromatic carbocycles. The molecule has 114 valence electrons. The SMILES string of the molecule is NCCCCC(N)C(=O)O.OCCOc1ccccc1. The van der Waals surface area contributed by atoms with Gasteiger partial charge in [-0.3, -0.25) is 4.79 Å². The number of carbonyl (C=O) groups is 1. The quantitative estimate of drug-likeness (QED) is 0.519. The van der Waals surface area contributed by atoms with Crippen LogP contribution < -0.4 is 16.2 Å². The zero-order valence-electron chi connectivity index (χ0n) is 11.6. The third-order valence-corrected chi connectivity index (χ3v) is 2.39. The van der Waals surface area contributed by atoms with Crippen molar-refractivity contribution in [3.63, 3.8) is 0 Å². The van der Waals surface area contributed by atoms with Gasteiger partial charge in [-0.05, 0) is 31.5 Å². The van der Waals surface area contributed by atoms with E-state index in [1.165, 1.54) is 0 Å². The lowest BCUT2D eigenvalue weighted by Crippen LogP contribution is -2.29. The van der Waals surface area contributed by atoms with E-state index in [2.05, 4.69) is 0 Å². The first-order valence-corrected chi connectivity index (χ1v) is 6.59. The standard InChI is InChI=1S/C8H10O2.C6H14N2O2/c9-6-7-10-8-4-2-1-3-5-8;7-4-2-1-3-5(8)6(9)10/h1-5,9H,6-7H2;5H,1-4,7-8H2,(H,9,10). The van der Waals surface area contributed by atoms with E-state index in [0.29, 0.717) is 19.6 Å². The molecule has 0 radical (unpaired) electrons. The van der Waals surface area contributed by atoms with Gasteiger partial charge in [0, 0.05) is 0 Å². The molecule has 6 heteroatoms. The first-order valence-electron chi connectivity index (χ1n) is 6.59. The molecule has 6 nitrogen and oxygen atoms in total. The van der Waals surface area contributed by atoms with Crippen LogP contribution in [0, 0.1) is 0 Å². The number of ether oxygens (including phenoxy) is 1. The topological polar surface area (TPSA) is 119 Å². The maximum Gasteiger partial charge on any atom is 0.320 e. The van der Waals surface area contributed by atoms with Crippen LogP contribution in [0.3, 0.4) is 0 Å². The van der Waals surface area contributed by atoms with E-state index in [4.69, 9.17) is 26.4 Å². The number of aliphatic hydroxyl groups excluding tert-OH is 1. The lowest BCUT2D eigenvalue weighted by molar-refractivity contribution is -0.138. The van der Waals surface area contributed by atoms with Crippen LogP contribution in [0.2, 0.25) is 0 Å². The Morgan fingerprint density at radius 2 is 1.90 bits per heavy atom. The van der Waals surface area contributed by atoms with Crippen LogP contribution in [-0.4, -0.2) is 42.0 Å². The summed E-state index contributed by atoms with van der Waals surface area (Å²) in [6, 6.07) is 8.71. The number of aliphatic carboxylic acids is 1. The minimum Gasteiger partial charge on any atom is -0.491 e. The summed E-state index contributed by atoms with van der Waals surface area (Å²) >= 11 is 0. The molecule has 0 aliphatic carbocycles. The van der Waals surface area contributed by atoms with Crippen molar-refractivity contribution in [2.75, 3.05) is 19.8 Å². The molecule has 0 saturated carbocycles. The molecule has 20 heavy (non-hydrogen) atoms. The second-order valence-electron chi connectivity index (χ2n) is 4.11. The van der Waals surface area contributed by atoms with E-state index < -0.39 is 12.0 Å². The predicted molar refractivity (Wildman–Crippen MR) is 77.5 cm³/mol. The Labute approximate surface area is 119 Å². The van der Waals surface area contributed by atoms with Crippen molar-refractivity contribution in [2.24, 2.45) is 11.5 Å². The monoisotopic (exact) mass is 284 g/mol. The van der Waals surface area contributed by atoms with Crippen LogP contribution >= 0.6 is 0 Å². The van der Waals surface area contributed by atoms with Gasteiger partial charge in [0.2, 0.25) is 0 Å². The molecular formula is C14H24N2O4. The van der Waals surface area contributed by atoms with E-state index in [1.54, 1.807) is 0 Å². The highest BCUT2D eigenvalue weighted by molar-refractivity contribution is 5.72. The van der Waals surface area contributed by atoms with Crippen LogP contribution in [0.5, 0.6) is 5.75 Å². The number of aliphatic hydroxyl groups is 1. The third kappa shape index (κ3) is 10.3. The average Bonchev–Trinajstić information content (AvgIpc) is 2.47. The molecular weight excluding hydrogens is 260 g/mol. The number of hydrogen-bond donors (Lipinski definition) is 4. The van der Waals surface area contributed by atoms with Gasteiger partial charge in [-0.15, -0.1) is 0 Å². The van der Waals surface area contributed by atoms with E-state index in [-0.39, 0.29) is 6.61 Å². The number of nitrogens with two attached hydrogens (primary N) is 2. The number of carboxylic acid groups (broad SMARTS) is 1. The van der Waals surface area contributed by atoms with Crippen LogP contribution in [-0.2, 0) is 4.79 Å². The molecule has 0 fully saturated rings. The molecule has 0 aliphatic heterocycles. The van der Waals surface area contributed by atoms with E-state index in [9.17, 15) is 4.79 Å². The fraction of sp³-hybridized carbons (Fsp3) is 0.500. The molecule has 1 unspecified atom stereocenters. The predicted octanol–water partition coefficient (Wildman–Crippen LogP) is 0.585. The molecule has 0 saturated heterocycles.